The van der Waals surface area contributed by atoms with E-state index in [0.717, 1.165) is 32.5 Å². The van der Waals surface area contributed by atoms with Crippen molar-refractivity contribution in [2.45, 2.75) is 25.8 Å². The lowest BCUT2D eigenvalue weighted by Crippen LogP contribution is -2.44. The molecule has 6 heteroatoms. The molecular weight excluding hydrogens is 230 g/mol. The van der Waals surface area contributed by atoms with Gasteiger partial charge in [0.05, 0.1) is 0 Å². The first kappa shape index (κ1) is 12.8. The monoisotopic (exact) mass is 249 g/mol. The van der Waals surface area contributed by atoms with Gasteiger partial charge in [-0.1, -0.05) is 6.92 Å². The number of nitrogens with zero attached hydrogens (tertiary/aromatic N) is 3. The Morgan fingerprint density at radius 3 is 2.72 bits per heavy atom. The van der Waals surface area contributed by atoms with Gasteiger partial charge in [-0.25, -0.2) is 9.97 Å². The van der Waals surface area contributed by atoms with Crippen molar-refractivity contribution in [1.82, 2.24) is 20.2 Å². The van der Waals surface area contributed by atoms with Crippen molar-refractivity contribution < 1.29 is 4.79 Å². The van der Waals surface area contributed by atoms with Crippen molar-refractivity contribution in [3.63, 3.8) is 0 Å². The lowest BCUT2D eigenvalue weighted by molar-refractivity contribution is 0.0908. The number of hydrogen-bond donors (Lipinski definition) is 2. The molecule has 1 amide bonds. The van der Waals surface area contributed by atoms with Crippen LogP contribution in [0.1, 0.15) is 30.3 Å². The Morgan fingerprint density at radius 1 is 1.44 bits per heavy atom. The summed E-state index contributed by atoms with van der Waals surface area (Å²) < 4.78 is 0. The molecule has 0 bridgehead atoms. The molecular formula is C12H19N5O. The number of piperidine rings is 1. The van der Waals surface area contributed by atoms with Crippen molar-refractivity contribution in [1.29, 1.82) is 0 Å². The number of nitrogens with one attached hydrogen (secondary N) is 1. The molecule has 1 aliphatic heterocycles. The quantitative estimate of drug-likeness (QED) is 0.803. The second-order valence-electron chi connectivity index (χ2n) is 4.47. The van der Waals surface area contributed by atoms with Crippen LogP contribution in [0.4, 0.5) is 5.82 Å². The molecule has 0 aromatic carbocycles. The minimum atomic E-state index is -0.226. The van der Waals surface area contributed by atoms with Crippen LogP contribution in [0.15, 0.2) is 12.4 Å². The van der Waals surface area contributed by atoms with Crippen LogP contribution in [0.25, 0.3) is 0 Å². The molecule has 2 heterocycles. The number of anilines is 1. The Labute approximate surface area is 107 Å². The SMILES string of the molecule is CCN1CCC(NC(=O)c2nccnc2N)CC1. The lowest BCUT2D eigenvalue weighted by Gasteiger charge is -2.31. The first-order valence-corrected chi connectivity index (χ1v) is 6.30. The third-order valence-electron chi connectivity index (χ3n) is 3.31. The van der Waals surface area contributed by atoms with E-state index in [1.165, 1.54) is 12.4 Å². The zero-order valence-corrected chi connectivity index (χ0v) is 10.6. The van der Waals surface area contributed by atoms with E-state index in [1.807, 2.05) is 0 Å². The van der Waals surface area contributed by atoms with Crippen molar-refractivity contribution >= 4 is 11.7 Å². The summed E-state index contributed by atoms with van der Waals surface area (Å²) in [4.78, 5) is 22.2. The fourth-order valence-corrected chi connectivity index (χ4v) is 2.17. The molecule has 0 unspecified atom stereocenters. The third kappa shape index (κ3) is 2.95. The molecule has 1 aliphatic rings. The van der Waals surface area contributed by atoms with Crippen LogP contribution in [-0.4, -0.2) is 46.5 Å². The van der Waals surface area contributed by atoms with Crippen LogP contribution in [0.3, 0.4) is 0 Å². The van der Waals surface area contributed by atoms with Crippen molar-refractivity contribution in [3.05, 3.63) is 18.1 Å². The second kappa shape index (κ2) is 5.77. The number of nitrogens with two attached hydrogens (primary N) is 1. The van der Waals surface area contributed by atoms with E-state index in [1.54, 1.807) is 0 Å². The zero-order chi connectivity index (χ0) is 13.0. The number of aromatic nitrogens is 2. The predicted octanol–water partition coefficient (Wildman–Crippen LogP) is 0.273. The molecule has 18 heavy (non-hydrogen) atoms. The molecule has 1 aromatic rings. The highest BCUT2D eigenvalue weighted by Gasteiger charge is 2.21. The first-order valence-electron chi connectivity index (χ1n) is 6.30. The summed E-state index contributed by atoms with van der Waals surface area (Å²) in [6, 6.07) is 0.210. The molecule has 1 saturated heterocycles. The van der Waals surface area contributed by atoms with Crippen LogP contribution in [0.5, 0.6) is 0 Å². The molecule has 2 rings (SSSR count). The molecule has 98 valence electrons. The summed E-state index contributed by atoms with van der Waals surface area (Å²) in [5.41, 5.74) is 5.85. The smallest absolute Gasteiger partial charge is 0.273 e. The topological polar surface area (TPSA) is 84.1 Å². The summed E-state index contributed by atoms with van der Waals surface area (Å²) >= 11 is 0. The number of rotatable bonds is 3. The largest absolute Gasteiger partial charge is 0.382 e. The highest BCUT2D eigenvalue weighted by Crippen LogP contribution is 2.11. The molecule has 1 fully saturated rings. The molecule has 0 atom stereocenters. The van der Waals surface area contributed by atoms with Crippen molar-refractivity contribution in [3.8, 4) is 0 Å². The van der Waals surface area contributed by atoms with Gasteiger partial charge in [-0.3, -0.25) is 4.79 Å². The van der Waals surface area contributed by atoms with Gasteiger partial charge < -0.3 is 16.0 Å². The minimum absolute atomic E-state index is 0.181. The Morgan fingerprint density at radius 2 is 2.11 bits per heavy atom. The maximum absolute atomic E-state index is 12.0. The normalized spacial score (nSPS) is 17.6. The summed E-state index contributed by atoms with van der Waals surface area (Å²) in [7, 11) is 0. The van der Waals surface area contributed by atoms with Crippen LogP contribution in [0.2, 0.25) is 0 Å². The van der Waals surface area contributed by atoms with E-state index in [4.69, 9.17) is 5.73 Å². The van der Waals surface area contributed by atoms with Gasteiger partial charge in [0.2, 0.25) is 0 Å². The second-order valence-corrected chi connectivity index (χ2v) is 4.47. The van der Waals surface area contributed by atoms with Crippen LogP contribution < -0.4 is 11.1 Å². The van der Waals surface area contributed by atoms with E-state index >= 15 is 0 Å². The Bertz CT molecular complexity index is 415. The van der Waals surface area contributed by atoms with E-state index in [2.05, 4.69) is 27.1 Å². The predicted molar refractivity (Wildman–Crippen MR) is 69.0 cm³/mol. The number of carbonyl (C=O) groups is 1. The summed E-state index contributed by atoms with van der Waals surface area (Å²) in [6.45, 7) is 5.27. The van der Waals surface area contributed by atoms with Gasteiger partial charge in [0.25, 0.3) is 5.91 Å². The van der Waals surface area contributed by atoms with Crippen molar-refractivity contribution in [2.24, 2.45) is 0 Å². The van der Waals surface area contributed by atoms with Crippen LogP contribution >= 0.6 is 0 Å². The van der Waals surface area contributed by atoms with E-state index in [-0.39, 0.29) is 23.5 Å². The maximum atomic E-state index is 12.0. The average Bonchev–Trinajstić information content (AvgIpc) is 2.40. The molecule has 0 saturated carbocycles. The fraction of sp³-hybridized carbons (Fsp3) is 0.583. The summed E-state index contributed by atoms with van der Waals surface area (Å²) in [5, 5.41) is 2.97. The Hall–Kier alpha value is -1.69. The first-order chi connectivity index (χ1) is 8.70. The summed E-state index contributed by atoms with van der Waals surface area (Å²) in [5.74, 6) is -0.0449. The number of nitrogen functional groups attached to an aromatic ring is 1. The van der Waals surface area contributed by atoms with Gasteiger partial charge in [-0.05, 0) is 19.4 Å². The lowest BCUT2D eigenvalue weighted by atomic mass is 10.0. The van der Waals surface area contributed by atoms with Gasteiger partial charge in [-0.15, -0.1) is 0 Å². The van der Waals surface area contributed by atoms with Gasteiger partial charge in [-0.2, -0.15) is 0 Å². The Kier molecular flexibility index (Phi) is 4.09. The fourth-order valence-electron chi connectivity index (χ4n) is 2.17. The molecule has 0 spiro atoms. The number of likely N-dealkylation sites (tertiary alicyclic amines) is 1. The molecule has 0 aliphatic carbocycles. The average molecular weight is 249 g/mol. The maximum Gasteiger partial charge on any atom is 0.273 e. The van der Waals surface area contributed by atoms with Gasteiger partial charge >= 0.3 is 0 Å². The molecule has 0 radical (unpaired) electrons. The number of amides is 1. The number of carbonyl (C=O) groups excluding carboxylic acids is 1. The molecule has 3 N–H and O–H groups in total. The number of hydrogen-bond acceptors (Lipinski definition) is 5. The molecule has 6 nitrogen and oxygen atoms in total. The van der Waals surface area contributed by atoms with Crippen LogP contribution in [0, 0.1) is 0 Å². The zero-order valence-electron chi connectivity index (χ0n) is 10.6. The minimum Gasteiger partial charge on any atom is -0.382 e. The van der Waals surface area contributed by atoms with E-state index in [9.17, 15) is 4.79 Å². The highest BCUT2D eigenvalue weighted by atomic mass is 16.2. The van der Waals surface area contributed by atoms with Gasteiger partial charge in [0.1, 0.15) is 0 Å². The Balaban J connectivity index is 1.91. The standard InChI is InChI=1S/C12H19N5O/c1-2-17-7-3-9(4-8-17)16-12(18)10-11(13)15-6-5-14-10/h5-6,9H,2-4,7-8H2,1H3,(H2,13,15)(H,16,18). The van der Waals surface area contributed by atoms with E-state index in [0.29, 0.717) is 0 Å². The van der Waals surface area contributed by atoms with Gasteiger partial charge in [0.15, 0.2) is 11.5 Å². The van der Waals surface area contributed by atoms with Crippen LogP contribution in [-0.2, 0) is 0 Å². The summed E-state index contributed by atoms with van der Waals surface area (Å²) in [6.07, 6.45) is 4.90. The van der Waals surface area contributed by atoms with Crippen molar-refractivity contribution in [2.75, 3.05) is 25.4 Å². The third-order valence-corrected chi connectivity index (χ3v) is 3.31. The molecule has 1 aromatic heterocycles. The van der Waals surface area contributed by atoms with E-state index < -0.39 is 0 Å². The van der Waals surface area contributed by atoms with Gasteiger partial charge in [0, 0.05) is 31.5 Å². The highest BCUT2D eigenvalue weighted by molar-refractivity contribution is 5.96.